The summed E-state index contributed by atoms with van der Waals surface area (Å²) >= 11 is 1.55. The molecule has 0 radical (unpaired) electrons. The van der Waals surface area contributed by atoms with Crippen LogP contribution < -0.4 is 14.8 Å². The molecular formula is C16H17N3O3S. The van der Waals surface area contributed by atoms with Gasteiger partial charge in [0, 0.05) is 30.0 Å². The van der Waals surface area contributed by atoms with Gasteiger partial charge in [-0.1, -0.05) is 0 Å². The van der Waals surface area contributed by atoms with Crippen molar-refractivity contribution in [3.63, 3.8) is 0 Å². The number of benzene rings is 1. The maximum Gasteiger partial charge on any atom is 0.257 e. The lowest BCUT2D eigenvalue weighted by Crippen LogP contribution is -2.25. The van der Waals surface area contributed by atoms with Crippen LogP contribution in [0.5, 0.6) is 11.5 Å². The summed E-state index contributed by atoms with van der Waals surface area (Å²) in [6.07, 6.45) is 0.933. The van der Waals surface area contributed by atoms with Gasteiger partial charge in [0.15, 0.2) is 16.6 Å². The van der Waals surface area contributed by atoms with Gasteiger partial charge >= 0.3 is 0 Å². The third kappa shape index (κ3) is 2.89. The number of anilines is 1. The second-order valence-corrected chi connectivity index (χ2v) is 6.77. The zero-order valence-electron chi connectivity index (χ0n) is 12.8. The van der Waals surface area contributed by atoms with Crippen molar-refractivity contribution in [3.05, 3.63) is 34.3 Å². The molecule has 1 aromatic heterocycles. The summed E-state index contributed by atoms with van der Waals surface area (Å²) in [5.74, 6) is 1.12. The van der Waals surface area contributed by atoms with Gasteiger partial charge in [-0.2, -0.15) is 0 Å². The Morgan fingerprint density at radius 3 is 3.00 bits per heavy atom. The van der Waals surface area contributed by atoms with Gasteiger partial charge in [-0.15, -0.1) is 11.3 Å². The van der Waals surface area contributed by atoms with Crippen molar-refractivity contribution in [2.75, 3.05) is 32.1 Å². The quantitative estimate of drug-likeness (QED) is 0.913. The predicted molar refractivity (Wildman–Crippen MR) is 87.5 cm³/mol. The van der Waals surface area contributed by atoms with Crippen LogP contribution >= 0.6 is 11.3 Å². The lowest BCUT2D eigenvalue weighted by Gasteiger charge is -2.20. The molecule has 3 heterocycles. The second kappa shape index (κ2) is 5.82. The smallest absolute Gasteiger partial charge is 0.257 e. The molecule has 6 nitrogen and oxygen atoms in total. The van der Waals surface area contributed by atoms with Gasteiger partial charge in [0.05, 0.1) is 5.69 Å². The molecule has 0 saturated heterocycles. The zero-order chi connectivity index (χ0) is 15.8. The summed E-state index contributed by atoms with van der Waals surface area (Å²) in [4.78, 5) is 20.5. The fourth-order valence-corrected chi connectivity index (χ4v) is 3.81. The van der Waals surface area contributed by atoms with Gasteiger partial charge in [0.25, 0.3) is 5.91 Å². The number of carbonyl (C=O) groups excluding carboxylic acids is 1. The monoisotopic (exact) mass is 331 g/mol. The first-order chi connectivity index (χ1) is 11.2. The second-order valence-electron chi connectivity index (χ2n) is 5.69. The summed E-state index contributed by atoms with van der Waals surface area (Å²) in [6.45, 7) is 2.95. The third-order valence-corrected chi connectivity index (χ3v) is 4.94. The molecule has 1 amide bonds. The van der Waals surface area contributed by atoms with E-state index in [1.165, 1.54) is 4.88 Å². The van der Waals surface area contributed by atoms with E-state index in [0.29, 0.717) is 35.4 Å². The van der Waals surface area contributed by atoms with Crippen LogP contribution in [0.25, 0.3) is 0 Å². The molecule has 2 aromatic rings. The minimum absolute atomic E-state index is 0.179. The topological polar surface area (TPSA) is 63.7 Å². The number of hydrogen-bond donors (Lipinski definition) is 1. The number of aromatic nitrogens is 1. The van der Waals surface area contributed by atoms with Gasteiger partial charge in [-0.3, -0.25) is 10.1 Å². The number of likely N-dealkylation sites (N-methyl/N-ethyl adjacent to an activating group) is 1. The molecule has 0 atom stereocenters. The SMILES string of the molecule is CN1CCc2nc(NC(=O)c3ccc4c(c3)OCCO4)sc2C1. The first kappa shape index (κ1) is 14.5. The zero-order valence-corrected chi connectivity index (χ0v) is 13.6. The van der Waals surface area contributed by atoms with E-state index < -0.39 is 0 Å². The van der Waals surface area contributed by atoms with Crippen LogP contribution in [0.1, 0.15) is 20.9 Å². The minimum Gasteiger partial charge on any atom is -0.486 e. The van der Waals surface area contributed by atoms with Crippen molar-refractivity contribution >= 4 is 22.4 Å². The first-order valence-corrected chi connectivity index (χ1v) is 8.39. The predicted octanol–water partition coefficient (Wildman–Crippen LogP) is 2.15. The minimum atomic E-state index is -0.179. The summed E-state index contributed by atoms with van der Waals surface area (Å²) in [5.41, 5.74) is 1.64. The Balaban J connectivity index is 1.52. The normalized spacial score (nSPS) is 16.7. The Hall–Kier alpha value is -2.12. The van der Waals surface area contributed by atoms with E-state index in [2.05, 4.69) is 22.2 Å². The summed E-state index contributed by atoms with van der Waals surface area (Å²) in [5, 5.41) is 3.55. The van der Waals surface area contributed by atoms with E-state index in [4.69, 9.17) is 9.47 Å². The lowest BCUT2D eigenvalue weighted by molar-refractivity contribution is 0.102. The highest BCUT2D eigenvalue weighted by Crippen LogP contribution is 2.32. The van der Waals surface area contributed by atoms with Crippen LogP contribution in [0.3, 0.4) is 0 Å². The van der Waals surface area contributed by atoms with Gasteiger partial charge < -0.3 is 14.4 Å². The molecule has 0 aliphatic carbocycles. The summed E-state index contributed by atoms with van der Waals surface area (Å²) < 4.78 is 11.0. The van der Waals surface area contributed by atoms with Crippen molar-refractivity contribution < 1.29 is 14.3 Å². The molecule has 0 saturated carbocycles. The Labute approximate surface area is 138 Å². The summed E-state index contributed by atoms with van der Waals surface area (Å²) in [6, 6.07) is 5.22. The number of rotatable bonds is 2. The maximum atomic E-state index is 12.4. The number of thiazole rings is 1. The number of nitrogens with zero attached hydrogens (tertiary/aromatic N) is 2. The molecule has 23 heavy (non-hydrogen) atoms. The molecule has 0 spiro atoms. The number of ether oxygens (including phenoxy) is 2. The van der Waals surface area contributed by atoms with E-state index in [1.54, 1.807) is 29.5 Å². The Kier molecular flexibility index (Phi) is 3.66. The molecule has 7 heteroatoms. The lowest BCUT2D eigenvalue weighted by atomic mass is 10.2. The van der Waals surface area contributed by atoms with Crippen LogP contribution in [0.15, 0.2) is 18.2 Å². The fourth-order valence-electron chi connectivity index (χ4n) is 2.73. The molecule has 2 aliphatic heterocycles. The molecule has 0 unspecified atom stereocenters. The van der Waals surface area contributed by atoms with E-state index in [0.717, 1.165) is 25.2 Å². The number of carbonyl (C=O) groups is 1. The maximum absolute atomic E-state index is 12.4. The van der Waals surface area contributed by atoms with E-state index in [-0.39, 0.29) is 5.91 Å². The number of amides is 1. The van der Waals surface area contributed by atoms with Gasteiger partial charge in [0.1, 0.15) is 13.2 Å². The van der Waals surface area contributed by atoms with Gasteiger partial charge in [-0.05, 0) is 25.2 Å². The molecule has 0 fully saturated rings. The van der Waals surface area contributed by atoms with E-state index >= 15 is 0 Å². The van der Waals surface area contributed by atoms with Crippen LogP contribution in [0, 0.1) is 0 Å². The highest BCUT2D eigenvalue weighted by atomic mass is 32.1. The van der Waals surface area contributed by atoms with Crippen LogP contribution in [0.4, 0.5) is 5.13 Å². The Morgan fingerprint density at radius 2 is 2.13 bits per heavy atom. The number of nitrogens with one attached hydrogen (secondary N) is 1. The molecule has 1 aromatic carbocycles. The van der Waals surface area contributed by atoms with Crippen LogP contribution in [-0.4, -0.2) is 42.6 Å². The van der Waals surface area contributed by atoms with Crippen molar-refractivity contribution in [1.29, 1.82) is 0 Å². The largest absolute Gasteiger partial charge is 0.486 e. The molecule has 4 rings (SSSR count). The molecular weight excluding hydrogens is 314 g/mol. The highest BCUT2D eigenvalue weighted by Gasteiger charge is 2.20. The fraction of sp³-hybridized carbons (Fsp3) is 0.375. The van der Waals surface area contributed by atoms with Crippen molar-refractivity contribution in [3.8, 4) is 11.5 Å². The summed E-state index contributed by atoms with van der Waals surface area (Å²) in [7, 11) is 2.09. The average molecular weight is 331 g/mol. The van der Waals surface area contributed by atoms with Crippen LogP contribution in [0.2, 0.25) is 0 Å². The van der Waals surface area contributed by atoms with Crippen molar-refractivity contribution in [1.82, 2.24) is 9.88 Å². The van der Waals surface area contributed by atoms with Crippen molar-refractivity contribution in [2.24, 2.45) is 0 Å². The third-order valence-electron chi connectivity index (χ3n) is 3.95. The standard InChI is InChI=1S/C16H17N3O3S/c1-19-5-4-11-14(9-19)23-16(17-11)18-15(20)10-2-3-12-13(8-10)22-7-6-21-12/h2-3,8H,4-7,9H2,1H3,(H,17,18,20). The molecule has 120 valence electrons. The van der Waals surface area contributed by atoms with E-state index in [9.17, 15) is 4.79 Å². The van der Waals surface area contributed by atoms with Gasteiger partial charge in [-0.25, -0.2) is 4.98 Å². The van der Waals surface area contributed by atoms with Crippen molar-refractivity contribution in [2.45, 2.75) is 13.0 Å². The molecule has 0 bridgehead atoms. The van der Waals surface area contributed by atoms with Gasteiger partial charge in [0.2, 0.25) is 0 Å². The highest BCUT2D eigenvalue weighted by molar-refractivity contribution is 7.15. The number of fused-ring (bicyclic) bond motifs is 2. The van der Waals surface area contributed by atoms with E-state index in [1.807, 2.05) is 0 Å². The number of hydrogen-bond acceptors (Lipinski definition) is 6. The Bertz CT molecular complexity index is 759. The average Bonchev–Trinajstić information content (AvgIpc) is 2.95. The molecule has 2 aliphatic rings. The Morgan fingerprint density at radius 1 is 1.30 bits per heavy atom. The van der Waals surface area contributed by atoms with Crippen LogP contribution in [-0.2, 0) is 13.0 Å². The first-order valence-electron chi connectivity index (χ1n) is 7.57. The molecule has 1 N–H and O–H groups in total.